The van der Waals surface area contributed by atoms with E-state index in [0.717, 1.165) is 29.5 Å². The summed E-state index contributed by atoms with van der Waals surface area (Å²) in [4.78, 5) is 4.02. The summed E-state index contributed by atoms with van der Waals surface area (Å²) in [5, 5.41) is 3.67. The fourth-order valence-corrected chi connectivity index (χ4v) is 3.28. The third kappa shape index (κ3) is 4.26. The molecule has 4 heteroatoms. The molecular formula is C20H26N2O2. The van der Waals surface area contributed by atoms with Gasteiger partial charge in [-0.15, -0.1) is 0 Å². The van der Waals surface area contributed by atoms with Crippen LogP contribution in [0.3, 0.4) is 0 Å². The van der Waals surface area contributed by atoms with Crippen molar-refractivity contribution >= 4 is 0 Å². The highest BCUT2D eigenvalue weighted by molar-refractivity contribution is 5.43. The number of nitrogens with zero attached hydrogens (tertiary/aromatic N) is 1. The number of nitrogens with one attached hydrogen (secondary N) is 1. The minimum Gasteiger partial charge on any atom is -0.493 e. The quantitative estimate of drug-likeness (QED) is 0.837. The summed E-state index contributed by atoms with van der Waals surface area (Å²) < 4.78 is 11.4. The lowest BCUT2D eigenvalue weighted by Gasteiger charge is -2.18. The van der Waals surface area contributed by atoms with Gasteiger partial charge in [-0.3, -0.25) is 4.98 Å². The van der Waals surface area contributed by atoms with Crippen molar-refractivity contribution in [1.82, 2.24) is 10.3 Å². The maximum absolute atomic E-state index is 5.89. The standard InChI is InChI=1S/C20H26N2O2/c1-15-4-3-5-18(15)22-13-17-6-7-19(20(12-17)23-2)24-14-16-8-10-21-11-9-16/h6-12,15,18,22H,3-5,13-14H2,1-2H3. The van der Waals surface area contributed by atoms with E-state index in [-0.39, 0.29) is 0 Å². The van der Waals surface area contributed by atoms with E-state index < -0.39 is 0 Å². The maximum Gasteiger partial charge on any atom is 0.161 e. The van der Waals surface area contributed by atoms with Gasteiger partial charge in [-0.05, 0) is 54.2 Å². The molecule has 1 fully saturated rings. The Balaban J connectivity index is 1.60. The minimum absolute atomic E-state index is 0.510. The zero-order valence-corrected chi connectivity index (χ0v) is 14.5. The number of pyridine rings is 1. The summed E-state index contributed by atoms with van der Waals surface area (Å²) in [7, 11) is 1.69. The van der Waals surface area contributed by atoms with Gasteiger partial charge in [0.25, 0.3) is 0 Å². The highest BCUT2D eigenvalue weighted by Crippen LogP contribution is 2.29. The van der Waals surface area contributed by atoms with Gasteiger partial charge in [-0.1, -0.05) is 19.4 Å². The molecule has 1 aromatic heterocycles. The first kappa shape index (κ1) is 16.8. The molecule has 0 saturated heterocycles. The van der Waals surface area contributed by atoms with Gasteiger partial charge < -0.3 is 14.8 Å². The lowest BCUT2D eigenvalue weighted by molar-refractivity contribution is 0.284. The Morgan fingerprint density at radius 2 is 1.92 bits per heavy atom. The molecule has 1 heterocycles. The van der Waals surface area contributed by atoms with E-state index in [9.17, 15) is 0 Å². The molecule has 0 bridgehead atoms. The molecule has 0 spiro atoms. The second-order valence-electron chi connectivity index (χ2n) is 6.52. The first-order valence-electron chi connectivity index (χ1n) is 8.68. The van der Waals surface area contributed by atoms with Crippen molar-refractivity contribution in [2.45, 2.75) is 45.4 Å². The van der Waals surface area contributed by atoms with Crippen molar-refractivity contribution in [3.63, 3.8) is 0 Å². The smallest absolute Gasteiger partial charge is 0.161 e. The van der Waals surface area contributed by atoms with E-state index >= 15 is 0 Å². The largest absolute Gasteiger partial charge is 0.493 e. The van der Waals surface area contributed by atoms with Crippen LogP contribution in [0.5, 0.6) is 11.5 Å². The molecule has 0 amide bonds. The predicted molar refractivity (Wildman–Crippen MR) is 95.2 cm³/mol. The summed E-state index contributed by atoms with van der Waals surface area (Å²) >= 11 is 0. The number of rotatable bonds is 7. The molecule has 4 nitrogen and oxygen atoms in total. The Hall–Kier alpha value is -2.07. The van der Waals surface area contributed by atoms with Crippen molar-refractivity contribution in [2.75, 3.05) is 7.11 Å². The summed E-state index contributed by atoms with van der Waals surface area (Å²) in [5.41, 5.74) is 2.32. The lowest BCUT2D eigenvalue weighted by atomic mass is 10.1. The van der Waals surface area contributed by atoms with Gasteiger partial charge in [-0.2, -0.15) is 0 Å². The molecule has 0 aliphatic heterocycles. The van der Waals surface area contributed by atoms with Crippen LogP contribution in [-0.2, 0) is 13.2 Å². The van der Waals surface area contributed by atoms with E-state index in [1.54, 1.807) is 19.5 Å². The van der Waals surface area contributed by atoms with Crippen LogP contribution >= 0.6 is 0 Å². The Labute approximate surface area is 144 Å². The third-order valence-electron chi connectivity index (χ3n) is 4.80. The van der Waals surface area contributed by atoms with Crippen molar-refractivity contribution in [1.29, 1.82) is 0 Å². The molecular weight excluding hydrogens is 300 g/mol. The summed E-state index contributed by atoms with van der Waals surface area (Å²) in [6.45, 7) is 3.72. The Bertz CT molecular complexity index is 645. The van der Waals surface area contributed by atoms with Gasteiger partial charge in [-0.25, -0.2) is 0 Å². The zero-order valence-electron chi connectivity index (χ0n) is 14.5. The van der Waals surface area contributed by atoms with Gasteiger partial charge in [0.05, 0.1) is 7.11 Å². The van der Waals surface area contributed by atoms with Crippen LogP contribution in [0, 0.1) is 5.92 Å². The van der Waals surface area contributed by atoms with Crippen LogP contribution in [-0.4, -0.2) is 18.1 Å². The Morgan fingerprint density at radius 3 is 2.62 bits per heavy atom. The second-order valence-corrected chi connectivity index (χ2v) is 6.52. The first-order chi connectivity index (χ1) is 11.8. The molecule has 1 aromatic carbocycles. The molecule has 2 atom stereocenters. The molecule has 3 rings (SSSR count). The van der Waals surface area contributed by atoms with Gasteiger partial charge >= 0.3 is 0 Å². The topological polar surface area (TPSA) is 43.4 Å². The molecule has 2 unspecified atom stereocenters. The molecule has 0 radical (unpaired) electrons. The van der Waals surface area contributed by atoms with Gasteiger partial charge in [0.15, 0.2) is 11.5 Å². The minimum atomic E-state index is 0.510. The van der Waals surface area contributed by atoms with E-state index in [2.05, 4.69) is 29.4 Å². The number of aromatic nitrogens is 1. The average molecular weight is 326 g/mol. The van der Waals surface area contributed by atoms with Gasteiger partial charge in [0, 0.05) is 25.0 Å². The summed E-state index contributed by atoms with van der Waals surface area (Å²) in [6.07, 6.45) is 7.50. The SMILES string of the molecule is COc1cc(CNC2CCCC2C)ccc1OCc1ccncc1. The van der Waals surface area contributed by atoms with Crippen LogP contribution in [0.15, 0.2) is 42.7 Å². The number of hydrogen-bond donors (Lipinski definition) is 1. The van der Waals surface area contributed by atoms with Gasteiger partial charge in [0.2, 0.25) is 0 Å². The normalized spacial score (nSPS) is 20.1. The Kier molecular flexibility index (Phi) is 5.70. The second kappa shape index (κ2) is 8.15. The maximum atomic E-state index is 5.89. The van der Waals surface area contributed by atoms with Crippen LogP contribution in [0.1, 0.15) is 37.3 Å². The van der Waals surface area contributed by atoms with E-state index in [1.165, 1.54) is 24.8 Å². The van der Waals surface area contributed by atoms with Crippen molar-refractivity contribution in [3.05, 3.63) is 53.9 Å². The molecule has 24 heavy (non-hydrogen) atoms. The average Bonchev–Trinajstić information content (AvgIpc) is 3.04. The molecule has 1 aliphatic rings. The molecule has 1 N–H and O–H groups in total. The van der Waals surface area contributed by atoms with Gasteiger partial charge in [0.1, 0.15) is 6.61 Å². The number of hydrogen-bond acceptors (Lipinski definition) is 4. The molecule has 1 saturated carbocycles. The molecule has 1 aliphatic carbocycles. The highest BCUT2D eigenvalue weighted by atomic mass is 16.5. The van der Waals surface area contributed by atoms with Crippen molar-refractivity contribution in [3.8, 4) is 11.5 Å². The third-order valence-corrected chi connectivity index (χ3v) is 4.80. The number of methoxy groups -OCH3 is 1. The van der Waals surface area contributed by atoms with Crippen LogP contribution in [0.25, 0.3) is 0 Å². The highest BCUT2D eigenvalue weighted by Gasteiger charge is 2.22. The van der Waals surface area contributed by atoms with Crippen molar-refractivity contribution in [2.24, 2.45) is 5.92 Å². The van der Waals surface area contributed by atoms with E-state index in [4.69, 9.17) is 9.47 Å². The summed E-state index contributed by atoms with van der Waals surface area (Å²) in [5.74, 6) is 2.32. The van der Waals surface area contributed by atoms with Crippen LogP contribution < -0.4 is 14.8 Å². The lowest BCUT2D eigenvalue weighted by Crippen LogP contribution is -2.30. The Morgan fingerprint density at radius 1 is 1.08 bits per heavy atom. The zero-order chi connectivity index (χ0) is 16.8. The molecule has 2 aromatic rings. The first-order valence-corrected chi connectivity index (χ1v) is 8.68. The predicted octanol–water partition coefficient (Wildman–Crippen LogP) is 3.95. The number of benzene rings is 1. The van der Waals surface area contributed by atoms with Crippen LogP contribution in [0.4, 0.5) is 0 Å². The van der Waals surface area contributed by atoms with E-state index in [0.29, 0.717) is 12.6 Å². The molecule has 128 valence electrons. The van der Waals surface area contributed by atoms with Crippen LogP contribution in [0.2, 0.25) is 0 Å². The summed E-state index contributed by atoms with van der Waals surface area (Å²) in [6, 6.07) is 10.7. The van der Waals surface area contributed by atoms with E-state index in [1.807, 2.05) is 18.2 Å². The number of ether oxygens (including phenoxy) is 2. The monoisotopic (exact) mass is 326 g/mol. The fourth-order valence-electron chi connectivity index (χ4n) is 3.28. The fraction of sp³-hybridized carbons (Fsp3) is 0.450. The van der Waals surface area contributed by atoms with Crippen molar-refractivity contribution < 1.29 is 9.47 Å².